The van der Waals surface area contributed by atoms with E-state index in [0.717, 1.165) is 116 Å². The summed E-state index contributed by atoms with van der Waals surface area (Å²) in [6.45, 7) is 4.17. The van der Waals surface area contributed by atoms with Crippen LogP contribution in [-0.2, 0) is 32.7 Å². The number of hydrogen-bond donors (Lipinski definition) is 1. The van der Waals surface area contributed by atoms with Crippen molar-refractivity contribution in [3.63, 3.8) is 0 Å². The predicted octanol–water partition coefficient (Wildman–Crippen LogP) is 20.5. The van der Waals surface area contributed by atoms with Crippen molar-refractivity contribution in [2.75, 3.05) is 47.5 Å². The lowest BCUT2D eigenvalue weighted by atomic mass is 10.0. The summed E-state index contributed by atoms with van der Waals surface area (Å²) < 4.78 is 34.6. The lowest BCUT2D eigenvalue weighted by Gasteiger charge is -2.24. The van der Waals surface area contributed by atoms with Gasteiger partial charge in [-0.2, -0.15) is 0 Å². The number of hydrogen-bond acceptors (Lipinski definition) is 7. The average molecular weight is 1130 g/mol. The molecule has 0 spiro atoms. The van der Waals surface area contributed by atoms with Crippen LogP contribution in [0.25, 0.3) is 0 Å². The van der Waals surface area contributed by atoms with Gasteiger partial charge < -0.3 is 18.9 Å². The van der Waals surface area contributed by atoms with Crippen LogP contribution in [0.2, 0.25) is 0 Å². The molecule has 0 aromatic carbocycles. The molecule has 456 valence electrons. The highest BCUT2D eigenvalue weighted by molar-refractivity contribution is 7.47. The molecule has 0 rings (SSSR count). The minimum atomic E-state index is -4.40. The van der Waals surface area contributed by atoms with Gasteiger partial charge in [0, 0.05) is 12.8 Å². The predicted molar refractivity (Wildman–Crippen MR) is 344 cm³/mol. The first-order valence-corrected chi connectivity index (χ1v) is 33.4. The molecule has 0 saturated heterocycles. The van der Waals surface area contributed by atoms with Crippen LogP contribution in [0.4, 0.5) is 0 Å². The van der Waals surface area contributed by atoms with Crippen molar-refractivity contribution in [2.45, 2.75) is 251 Å². The molecule has 0 aromatic heterocycles. The van der Waals surface area contributed by atoms with E-state index in [1.165, 1.54) is 89.9 Å². The van der Waals surface area contributed by atoms with Crippen LogP contribution >= 0.6 is 7.82 Å². The number of nitrogens with zero attached hydrogens (tertiary/aromatic N) is 1. The Hall–Kier alpha value is -3.85. The summed E-state index contributed by atoms with van der Waals surface area (Å²) in [5.41, 5.74) is 0. The summed E-state index contributed by atoms with van der Waals surface area (Å²) in [5, 5.41) is 0. The second-order valence-corrected chi connectivity index (χ2v) is 23.5. The summed E-state index contributed by atoms with van der Waals surface area (Å²) >= 11 is 0. The van der Waals surface area contributed by atoms with Gasteiger partial charge in [0.2, 0.25) is 0 Å². The zero-order valence-electron chi connectivity index (χ0n) is 51.8. The normalized spacial score (nSPS) is 14.1. The maximum absolute atomic E-state index is 12.8. The number of phosphoric acid groups is 1. The quantitative estimate of drug-likeness (QED) is 0.0211. The molecule has 80 heavy (non-hydrogen) atoms. The number of allylic oxidation sites excluding steroid dienone is 22. The Balaban J connectivity index is 4.04. The molecular formula is C70H119NO8P+. The third-order valence-corrected chi connectivity index (χ3v) is 14.2. The van der Waals surface area contributed by atoms with Gasteiger partial charge in [0.15, 0.2) is 6.10 Å². The standard InChI is InChI=1S/C70H118NO8P/c1-6-8-10-12-14-16-18-20-22-24-25-26-27-28-29-30-31-32-33-34-35-36-37-38-39-40-41-42-43-44-45-47-49-51-53-55-57-59-61-63-70(73)79-68(67-78-80(74,75)77-65-64-71(3,4)5)66-76-69(72)62-60-58-56-54-52-50-48-46-23-21-19-17-15-13-11-9-7-2/h8-11,14-17,20-23,25-26,28-29,31-32,34-35,48,50,68H,6-7,12-13,18-19,24,27,30,33,36-47,49,51-67H2,1-5H3/p+1/b10-8-,11-9-,16-14-,17-15-,22-20-,23-21-,26-25-,29-28-,32-31-,35-34-,50-48-. The number of carbonyl (C=O) groups is 2. The lowest BCUT2D eigenvalue weighted by Crippen LogP contribution is -2.37. The lowest BCUT2D eigenvalue weighted by molar-refractivity contribution is -0.870. The molecule has 10 heteroatoms. The van der Waals surface area contributed by atoms with Gasteiger partial charge in [0.1, 0.15) is 19.8 Å². The molecule has 9 nitrogen and oxygen atoms in total. The average Bonchev–Trinajstić information content (AvgIpc) is 3.42. The Morgan fingerprint density at radius 1 is 0.388 bits per heavy atom. The third kappa shape index (κ3) is 63.3. The van der Waals surface area contributed by atoms with Crippen LogP contribution in [0.15, 0.2) is 134 Å². The molecule has 2 atom stereocenters. The molecular weight excluding hydrogens is 1010 g/mol. The first-order chi connectivity index (χ1) is 39.0. The van der Waals surface area contributed by atoms with E-state index in [1.54, 1.807) is 0 Å². The van der Waals surface area contributed by atoms with Crippen molar-refractivity contribution in [3.8, 4) is 0 Å². The van der Waals surface area contributed by atoms with E-state index in [2.05, 4.69) is 148 Å². The van der Waals surface area contributed by atoms with Crippen molar-refractivity contribution in [1.82, 2.24) is 0 Å². The van der Waals surface area contributed by atoms with Crippen LogP contribution in [0, 0.1) is 0 Å². The first kappa shape index (κ1) is 76.1. The zero-order valence-corrected chi connectivity index (χ0v) is 52.7. The van der Waals surface area contributed by atoms with E-state index in [0.29, 0.717) is 23.9 Å². The van der Waals surface area contributed by atoms with Crippen molar-refractivity contribution < 1.29 is 42.1 Å². The van der Waals surface area contributed by atoms with Gasteiger partial charge in [-0.05, 0) is 109 Å². The third-order valence-electron chi connectivity index (χ3n) is 13.2. The SMILES string of the molecule is CC/C=C\C/C=C\C/C=C\C/C=C\C/C=C\C/C=C\C/C=C\CCCCCCCCCCCCCCCCCCCC(=O)OC(COC(=O)CCCCCC/C=C\C/C=C\C/C=C\C/C=C\CC)COP(=O)(O)OCC[N+](C)(C)C. The number of esters is 2. The molecule has 2 unspecified atom stereocenters. The highest BCUT2D eigenvalue weighted by Gasteiger charge is 2.27. The van der Waals surface area contributed by atoms with Gasteiger partial charge in [-0.3, -0.25) is 18.6 Å². The molecule has 0 bridgehead atoms. The molecule has 0 aliphatic carbocycles. The molecule has 0 aliphatic rings. The molecule has 0 saturated carbocycles. The van der Waals surface area contributed by atoms with E-state index in [-0.39, 0.29) is 26.1 Å². The number of quaternary nitrogens is 1. The van der Waals surface area contributed by atoms with Gasteiger partial charge in [-0.25, -0.2) is 4.57 Å². The molecule has 1 N–H and O–H groups in total. The minimum absolute atomic E-state index is 0.0223. The van der Waals surface area contributed by atoms with E-state index < -0.39 is 32.5 Å². The molecule has 0 aliphatic heterocycles. The molecule has 0 radical (unpaired) electrons. The Labute approximate surface area is 491 Å². The highest BCUT2D eigenvalue weighted by Crippen LogP contribution is 2.43. The van der Waals surface area contributed by atoms with Crippen molar-refractivity contribution >= 4 is 19.8 Å². The van der Waals surface area contributed by atoms with E-state index in [9.17, 15) is 19.0 Å². The second-order valence-electron chi connectivity index (χ2n) is 22.0. The molecule has 0 fully saturated rings. The summed E-state index contributed by atoms with van der Waals surface area (Å²) in [6, 6.07) is 0. The fourth-order valence-electron chi connectivity index (χ4n) is 8.34. The Bertz CT molecular complexity index is 1810. The summed E-state index contributed by atoms with van der Waals surface area (Å²) in [5.74, 6) is -0.828. The number of ether oxygens (including phenoxy) is 2. The summed E-state index contributed by atoms with van der Waals surface area (Å²) in [7, 11) is 1.45. The topological polar surface area (TPSA) is 108 Å². The Morgan fingerprint density at radius 2 is 0.675 bits per heavy atom. The fraction of sp³-hybridized carbons (Fsp3) is 0.657. The maximum atomic E-state index is 12.8. The molecule has 0 amide bonds. The Kier molecular flexibility index (Phi) is 56.9. The number of likely N-dealkylation sites (N-methyl/N-ethyl adjacent to an activating group) is 1. The summed E-state index contributed by atoms with van der Waals surface area (Å²) in [4.78, 5) is 35.7. The summed E-state index contributed by atoms with van der Waals surface area (Å²) in [6.07, 6.45) is 86.9. The smallest absolute Gasteiger partial charge is 0.462 e. The van der Waals surface area contributed by atoms with Crippen LogP contribution in [-0.4, -0.2) is 74.9 Å². The maximum Gasteiger partial charge on any atom is 0.472 e. The van der Waals surface area contributed by atoms with Crippen LogP contribution in [0.5, 0.6) is 0 Å². The van der Waals surface area contributed by atoms with E-state index in [4.69, 9.17) is 18.5 Å². The van der Waals surface area contributed by atoms with E-state index in [1.807, 2.05) is 21.1 Å². The number of phosphoric ester groups is 1. The first-order valence-electron chi connectivity index (χ1n) is 31.9. The van der Waals surface area contributed by atoms with Crippen molar-refractivity contribution in [2.24, 2.45) is 0 Å². The van der Waals surface area contributed by atoms with Crippen molar-refractivity contribution in [3.05, 3.63) is 134 Å². The number of rotatable bonds is 57. The second kappa shape index (κ2) is 59.8. The van der Waals surface area contributed by atoms with Crippen LogP contribution in [0.1, 0.15) is 245 Å². The van der Waals surface area contributed by atoms with E-state index >= 15 is 0 Å². The molecule has 0 heterocycles. The fourth-order valence-corrected chi connectivity index (χ4v) is 9.08. The van der Waals surface area contributed by atoms with Crippen LogP contribution in [0.3, 0.4) is 0 Å². The molecule has 0 aromatic rings. The zero-order chi connectivity index (χ0) is 58.4. The van der Waals surface area contributed by atoms with Crippen LogP contribution < -0.4 is 0 Å². The Morgan fingerprint density at radius 3 is 1.00 bits per heavy atom. The van der Waals surface area contributed by atoms with Gasteiger partial charge in [0.05, 0.1) is 27.7 Å². The monoisotopic (exact) mass is 1130 g/mol. The van der Waals surface area contributed by atoms with Gasteiger partial charge in [0.25, 0.3) is 0 Å². The highest BCUT2D eigenvalue weighted by atomic mass is 31.2. The number of unbranched alkanes of at least 4 members (excludes halogenated alkanes) is 21. The largest absolute Gasteiger partial charge is 0.472 e. The minimum Gasteiger partial charge on any atom is -0.462 e. The van der Waals surface area contributed by atoms with Gasteiger partial charge in [-0.1, -0.05) is 257 Å². The van der Waals surface area contributed by atoms with Gasteiger partial charge in [-0.15, -0.1) is 0 Å². The van der Waals surface area contributed by atoms with Gasteiger partial charge >= 0.3 is 19.8 Å². The number of carbonyl (C=O) groups excluding carboxylic acids is 2. The van der Waals surface area contributed by atoms with Crippen molar-refractivity contribution in [1.29, 1.82) is 0 Å².